The molecule has 0 atom stereocenters. The highest BCUT2D eigenvalue weighted by atomic mass is 14.2. The van der Waals surface area contributed by atoms with E-state index in [1.165, 1.54) is 48.8 Å². The fraction of sp³-hybridized carbons (Fsp3) is 0.455. The maximum absolute atomic E-state index is 2.43. The smallest absolute Gasteiger partial charge is 0.0146 e. The Balaban J connectivity index is 2.65. The first kappa shape index (κ1) is 16.8. The molecule has 2 rings (SSSR count). The Morgan fingerprint density at radius 2 is 1.50 bits per heavy atom. The van der Waals surface area contributed by atoms with Gasteiger partial charge in [-0.05, 0) is 66.0 Å². The van der Waals surface area contributed by atoms with Gasteiger partial charge >= 0.3 is 0 Å². The monoisotopic (exact) mass is 294 g/mol. The van der Waals surface area contributed by atoms with Gasteiger partial charge in [-0.1, -0.05) is 70.0 Å². The van der Waals surface area contributed by atoms with Gasteiger partial charge in [0.1, 0.15) is 0 Å². The van der Waals surface area contributed by atoms with Crippen molar-refractivity contribution in [3.63, 3.8) is 0 Å². The van der Waals surface area contributed by atoms with Gasteiger partial charge in [-0.15, -0.1) is 0 Å². The van der Waals surface area contributed by atoms with Gasteiger partial charge in [0, 0.05) is 0 Å². The molecule has 0 heterocycles. The lowest BCUT2D eigenvalue weighted by atomic mass is 9.84. The number of hydrogen-bond donors (Lipinski definition) is 0. The third kappa shape index (κ3) is 3.61. The normalized spacial score (nSPS) is 10.9. The van der Waals surface area contributed by atoms with Crippen molar-refractivity contribution in [2.75, 3.05) is 0 Å². The molecule has 0 N–H and O–H groups in total. The highest BCUT2D eigenvalue weighted by Crippen LogP contribution is 2.33. The first-order chi connectivity index (χ1) is 10.7. The van der Waals surface area contributed by atoms with Crippen molar-refractivity contribution in [1.29, 1.82) is 0 Å². The molecule has 2 aromatic rings. The SMILES string of the molecule is CCCCc1c(-c2ccccc2)cc(C)c(CC)c1CCC. The molecule has 0 saturated heterocycles. The molecule has 0 bridgehead atoms. The summed E-state index contributed by atoms with van der Waals surface area (Å²) in [6.45, 7) is 9.17. The van der Waals surface area contributed by atoms with E-state index < -0.39 is 0 Å². The number of benzene rings is 2. The van der Waals surface area contributed by atoms with Crippen LogP contribution in [0.4, 0.5) is 0 Å². The topological polar surface area (TPSA) is 0 Å². The fourth-order valence-corrected chi connectivity index (χ4v) is 3.53. The first-order valence-electron chi connectivity index (χ1n) is 8.92. The van der Waals surface area contributed by atoms with Gasteiger partial charge in [-0.3, -0.25) is 0 Å². The summed E-state index contributed by atoms with van der Waals surface area (Å²) in [6, 6.07) is 13.4. The van der Waals surface area contributed by atoms with Crippen LogP contribution in [-0.2, 0) is 19.3 Å². The minimum Gasteiger partial charge on any atom is -0.0654 e. The summed E-state index contributed by atoms with van der Waals surface area (Å²) in [5.74, 6) is 0. The van der Waals surface area contributed by atoms with Crippen LogP contribution >= 0.6 is 0 Å². The van der Waals surface area contributed by atoms with Crippen molar-refractivity contribution in [3.8, 4) is 11.1 Å². The van der Waals surface area contributed by atoms with E-state index in [0.717, 1.165) is 6.42 Å². The number of aryl methyl sites for hydroxylation is 1. The summed E-state index contributed by atoms with van der Waals surface area (Å²) in [7, 11) is 0. The third-order valence-electron chi connectivity index (χ3n) is 4.61. The van der Waals surface area contributed by atoms with Gasteiger partial charge < -0.3 is 0 Å². The largest absolute Gasteiger partial charge is 0.0654 e. The van der Waals surface area contributed by atoms with Gasteiger partial charge in [0.05, 0.1) is 0 Å². The van der Waals surface area contributed by atoms with Crippen molar-refractivity contribution in [1.82, 2.24) is 0 Å². The van der Waals surface area contributed by atoms with Crippen LogP contribution in [-0.4, -0.2) is 0 Å². The summed E-state index contributed by atoms with van der Waals surface area (Å²) in [6.07, 6.45) is 7.34. The van der Waals surface area contributed by atoms with E-state index in [1.807, 2.05) is 0 Å². The standard InChI is InChI=1S/C22H30/c1-5-8-15-21-20(12-6-2)19(7-3)17(4)16-22(21)18-13-10-9-11-14-18/h9-11,13-14,16H,5-8,12,15H2,1-4H3. The van der Waals surface area contributed by atoms with Gasteiger partial charge in [0.25, 0.3) is 0 Å². The molecule has 0 heteroatoms. The molecule has 0 radical (unpaired) electrons. The molecule has 0 amide bonds. The zero-order valence-corrected chi connectivity index (χ0v) is 14.7. The van der Waals surface area contributed by atoms with E-state index in [4.69, 9.17) is 0 Å². The van der Waals surface area contributed by atoms with E-state index in [1.54, 1.807) is 16.7 Å². The summed E-state index contributed by atoms with van der Waals surface area (Å²) in [4.78, 5) is 0. The highest BCUT2D eigenvalue weighted by molar-refractivity contribution is 5.71. The molecule has 0 fully saturated rings. The molecule has 118 valence electrons. The molecule has 0 aliphatic heterocycles. The maximum Gasteiger partial charge on any atom is -0.0146 e. The lowest BCUT2D eigenvalue weighted by molar-refractivity contribution is 0.776. The molecule has 2 aromatic carbocycles. The van der Waals surface area contributed by atoms with Crippen LogP contribution in [0.1, 0.15) is 62.3 Å². The van der Waals surface area contributed by atoms with Gasteiger partial charge in [0.2, 0.25) is 0 Å². The quantitative estimate of drug-likeness (QED) is 0.545. The van der Waals surface area contributed by atoms with Crippen LogP contribution < -0.4 is 0 Å². The molecule has 22 heavy (non-hydrogen) atoms. The minimum absolute atomic E-state index is 1.15. The molecule has 0 aliphatic carbocycles. The summed E-state index contributed by atoms with van der Waals surface area (Å²) in [5, 5.41) is 0. The lowest BCUT2D eigenvalue weighted by Gasteiger charge is -2.21. The Hall–Kier alpha value is -1.56. The molecule has 0 nitrogen and oxygen atoms in total. The average molecular weight is 294 g/mol. The van der Waals surface area contributed by atoms with Crippen molar-refractivity contribution in [3.05, 3.63) is 58.7 Å². The summed E-state index contributed by atoms with van der Waals surface area (Å²) >= 11 is 0. The number of rotatable bonds is 7. The molecular formula is C22H30. The Kier molecular flexibility index (Phi) is 6.24. The molecule has 0 aliphatic rings. The van der Waals surface area contributed by atoms with Crippen LogP contribution in [0.25, 0.3) is 11.1 Å². The highest BCUT2D eigenvalue weighted by Gasteiger charge is 2.15. The average Bonchev–Trinajstić information content (AvgIpc) is 2.55. The van der Waals surface area contributed by atoms with Crippen LogP contribution in [0.15, 0.2) is 36.4 Å². The second kappa shape index (κ2) is 8.17. The second-order valence-corrected chi connectivity index (χ2v) is 6.25. The molecule has 0 unspecified atom stereocenters. The predicted molar refractivity (Wildman–Crippen MR) is 98.6 cm³/mol. The van der Waals surface area contributed by atoms with Crippen LogP contribution in [0.2, 0.25) is 0 Å². The minimum atomic E-state index is 1.15. The molecule has 0 saturated carbocycles. The Labute approximate surface area is 136 Å². The van der Waals surface area contributed by atoms with Crippen molar-refractivity contribution in [2.24, 2.45) is 0 Å². The summed E-state index contributed by atoms with van der Waals surface area (Å²) < 4.78 is 0. The molecule has 0 spiro atoms. The maximum atomic E-state index is 2.43. The zero-order chi connectivity index (χ0) is 15.9. The van der Waals surface area contributed by atoms with Gasteiger partial charge in [-0.2, -0.15) is 0 Å². The summed E-state index contributed by atoms with van der Waals surface area (Å²) in [5.41, 5.74) is 9.14. The van der Waals surface area contributed by atoms with E-state index in [2.05, 4.69) is 64.1 Å². The second-order valence-electron chi connectivity index (χ2n) is 6.25. The third-order valence-corrected chi connectivity index (χ3v) is 4.61. The van der Waals surface area contributed by atoms with Gasteiger partial charge in [-0.25, -0.2) is 0 Å². The van der Waals surface area contributed by atoms with E-state index in [0.29, 0.717) is 0 Å². The van der Waals surface area contributed by atoms with E-state index in [-0.39, 0.29) is 0 Å². The number of unbranched alkanes of at least 4 members (excludes halogenated alkanes) is 1. The van der Waals surface area contributed by atoms with Gasteiger partial charge in [0.15, 0.2) is 0 Å². The predicted octanol–water partition coefficient (Wildman–Crippen LogP) is 6.52. The van der Waals surface area contributed by atoms with Crippen molar-refractivity contribution < 1.29 is 0 Å². The van der Waals surface area contributed by atoms with Crippen molar-refractivity contribution >= 4 is 0 Å². The van der Waals surface area contributed by atoms with Crippen LogP contribution in [0.3, 0.4) is 0 Å². The van der Waals surface area contributed by atoms with Crippen LogP contribution in [0, 0.1) is 6.92 Å². The van der Waals surface area contributed by atoms with Crippen LogP contribution in [0.5, 0.6) is 0 Å². The fourth-order valence-electron chi connectivity index (χ4n) is 3.53. The van der Waals surface area contributed by atoms with E-state index in [9.17, 15) is 0 Å². The number of hydrogen-bond acceptors (Lipinski definition) is 0. The van der Waals surface area contributed by atoms with Crippen molar-refractivity contribution in [2.45, 2.75) is 66.2 Å². The Morgan fingerprint density at radius 3 is 2.09 bits per heavy atom. The zero-order valence-electron chi connectivity index (χ0n) is 14.7. The molecular weight excluding hydrogens is 264 g/mol. The Morgan fingerprint density at radius 1 is 0.773 bits per heavy atom. The Bertz CT molecular complexity index is 593. The first-order valence-corrected chi connectivity index (χ1v) is 8.92. The van der Waals surface area contributed by atoms with E-state index >= 15 is 0 Å². The molecule has 0 aromatic heterocycles. The lowest BCUT2D eigenvalue weighted by Crippen LogP contribution is -2.05.